The van der Waals surface area contributed by atoms with Gasteiger partial charge in [-0.05, 0) is 12.1 Å². The van der Waals surface area contributed by atoms with Crippen LogP contribution in [0.15, 0.2) is 30.7 Å². The van der Waals surface area contributed by atoms with Crippen LogP contribution in [0.4, 0.5) is 24.8 Å². The fraction of sp³-hybridized carbons (Fsp3) is 0.412. The molecule has 28 heavy (non-hydrogen) atoms. The monoisotopic (exact) mass is 396 g/mol. The van der Waals surface area contributed by atoms with Crippen molar-refractivity contribution in [3.8, 4) is 0 Å². The summed E-state index contributed by atoms with van der Waals surface area (Å²) in [6.07, 6.45) is -2.17. The molecule has 8 nitrogen and oxygen atoms in total. The normalized spacial score (nSPS) is 14.6. The van der Waals surface area contributed by atoms with Crippen molar-refractivity contribution in [1.82, 2.24) is 20.3 Å². The minimum absolute atomic E-state index is 0.0599. The summed E-state index contributed by atoms with van der Waals surface area (Å²) in [5.41, 5.74) is -0.977. The Morgan fingerprint density at radius 2 is 1.93 bits per heavy atom. The third-order valence-electron chi connectivity index (χ3n) is 4.02. The smallest absolute Gasteiger partial charge is 0.378 e. The van der Waals surface area contributed by atoms with Gasteiger partial charge in [-0.3, -0.25) is 9.78 Å². The Balaban J connectivity index is 1.46. The van der Waals surface area contributed by atoms with Gasteiger partial charge in [0.1, 0.15) is 23.7 Å². The van der Waals surface area contributed by atoms with Crippen LogP contribution in [0.3, 0.4) is 0 Å². The number of hydrogen-bond donors (Lipinski definition) is 2. The number of pyridine rings is 1. The van der Waals surface area contributed by atoms with Crippen LogP contribution in [0.25, 0.3) is 0 Å². The number of ether oxygens (including phenoxy) is 1. The van der Waals surface area contributed by atoms with Crippen LogP contribution in [0.2, 0.25) is 0 Å². The summed E-state index contributed by atoms with van der Waals surface area (Å²) in [7, 11) is 0. The van der Waals surface area contributed by atoms with Gasteiger partial charge in [-0.15, -0.1) is 0 Å². The first kappa shape index (κ1) is 19.8. The van der Waals surface area contributed by atoms with Gasteiger partial charge in [0.05, 0.1) is 18.8 Å². The van der Waals surface area contributed by atoms with Gasteiger partial charge >= 0.3 is 6.18 Å². The Morgan fingerprint density at radius 3 is 2.61 bits per heavy atom. The molecule has 0 unspecified atom stereocenters. The van der Waals surface area contributed by atoms with E-state index >= 15 is 0 Å². The number of anilines is 2. The molecule has 0 atom stereocenters. The van der Waals surface area contributed by atoms with E-state index in [4.69, 9.17) is 4.74 Å². The molecule has 3 heterocycles. The van der Waals surface area contributed by atoms with Gasteiger partial charge in [-0.2, -0.15) is 13.2 Å². The van der Waals surface area contributed by atoms with E-state index in [1.807, 2.05) is 6.07 Å². The largest absolute Gasteiger partial charge is 0.433 e. The standard InChI is InChI=1S/C17H19F3N6O2/c18-17(19,20)13-2-1-12(10-23-13)16(27)22-4-3-21-14-9-15(25-11-24-14)26-5-7-28-8-6-26/h1-2,9-11H,3-8H2,(H,22,27)(H,21,24,25). The van der Waals surface area contributed by atoms with Crippen molar-refractivity contribution in [2.45, 2.75) is 6.18 Å². The number of halogens is 3. The van der Waals surface area contributed by atoms with Gasteiger partial charge in [-0.25, -0.2) is 9.97 Å². The van der Waals surface area contributed by atoms with E-state index in [2.05, 4.69) is 30.5 Å². The van der Waals surface area contributed by atoms with Crippen molar-refractivity contribution >= 4 is 17.5 Å². The molecule has 11 heteroatoms. The number of morpholine rings is 1. The van der Waals surface area contributed by atoms with Crippen molar-refractivity contribution in [3.63, 3.8) is 0 Å². The average Bonchev–Trinajstić information content (AvgIpc) is 2.71. The van der Waals surface area contributed by atoms with Crippen molar-refractivity contribution in [3.05, 3.63) is 42.0 Å². The summed E-state index contributed by atoms with van der Waals surface area (Å²) in [5.74, 6) is 0.905. The quantitative estimate of drug-likeness (QED) is 0.716. The highest BCUT2D eigenvalue weighted by molar-refractivity contribution is 5.93. The molecule has 0 spiro atoms. The number of rotatable bonds is 6. The predicted octanol–water partition coefficient (Wildman–Crippen LogP) is 1.57. The first-order chi connectivity index (χ1) is 13.4. The highest BCUT2D eigenvalue weighted by atomic mass is 19.4. The molecule has 0 bridgehead atoms. The van der Waals surface area contributed by atoms with Gasteiger partial charge < -0.3 is 20.3 Å². The molecule has 3 rings (SSSR count). The van der Waals surface area contributed by atoms with Gasteiger partial charge in [0, 0.05) is 38.4 Å². The third-order valence-corrected chi connectivity index (χ3v) is 4.02. The van der Waals surface area contributed by atoms with Crippen LogP contribution < -0.4 is 15.5 Å². The zero-order valence-corrected chi connectivity index (χ0v) is 14.9. The van der Waals surface area contributed by atoms with E-state index in [-0.39, 0.29) is 12.1 Å². The maximum Gasteiger partial charge on any atom is 0.433 e. The summed E-state index contributed by atoms with van der Waals surface area (Å²) < 4.78 is 42.8. The van der Waals surface area contributed by atoms with E-state index in [1.54, 1.807) is 0 Å². The molecule has 0 aliphatic carbocycles. The second kappa shape index (κ2) is 8.83. The van der Waals surface area contributed by atoms with Crippen LogP contribution in [-0.4, -0.2) is 60.3 Å². The molecule has 1 aliphatic heterocycles. The van der Waals surface area contributed by atoms with E-state index in [1.165, 1.54) is 6.33 Å². The van der Waals surface area contributed by atoms with Crippen molar-refractivity contribution in [2.24, 2.45) is 0 Å². The first-order valence-electron chi connectivity index (χ1n) is 8.63. The maximum atomic E-state index is 12.5. The summed E-state index contributed by atoms with van der Waals surface area (Å²) in [4.78, 5) is 25.7. The van der Waals surface area contributed by atoms with E-state index < -0.39 is 17.8 Å². The molecule has 2 N–H and O–H groups in total. The Morgan fingerprint density at radius 1 is 1.14 bits per heavy atom. The third kappa shape index (κ3) is 5.28. The first-order valence-corrected chi connectivity index (χ1v) is 8.63. The molecule has 1 fully saturated rings. The number of amides is 1. The SMILES string of the molecule is O=C(NCCNc1cc(N2CCOCC2)ncn1)c1ccc(C(F)(F)F)nc1. The number of carbonyl (C=O) groups is 1. The van der Waals surface area contributed by atoms with Crippen LogP contribution in [0, 0.1) is 0 Å². The minimum Gasteiger partial charge on any atom is -0.378 e. The van der Waals surface area contributed by atoms with Gasteiger partial charge in [0.15, 0.2) is 0 Å². The number of carbonyl (C=O) groups excluding carboxylic acids is 1. The number of nitrogens with one attached hydrogen (secondary N) is 2. The highest BCUT2D eigenvalue weighted by Crippen LogP contribution is 2.27. The highest BCUT2D eigenvalue weighted by Gasteiger charge is 2.32. The molecule has 0 aromatic carbocycles. The average molecular weight is 396 g/mol. The van der Waals surface area contributed by atoms with E-state index in [0.717, 1.165) is 37.2 Å². The lowest BCUT2D eigenvalue weighted by Crippen LogP contribution is -2.36. The summed E-state index contributed by atoms with van der Waals surface area (Å²) in [5, 5.41) is 5.68. The Bertz CT molecular complexity index is 794. The molecule has 150 valence electrons. The van der Waals surface area contributed by atoms with Crippen LogP contribution in [-0.2, 0) is 10.9 Å². The fourth-order valence-electron chi connectivity index (χ4n) is 2.57. The lowest BCUT2D eigenvalue weighted by Gasteiger charge is -2.27. The summed E-state index contributed by atoms with van der Waals surface area (Å²) in [6.45, 7) is 3.46. The van der Waals surface area contributed by atoms with Crippen LogP contribution in [0.1, 0.15) is 16.1 Å². The lowest BCUT2D eigenvalue weighted by atomic mass is 10.2. The molecule has 2 aromatic heterocycles. The summed E-state index contributed by atoms with van der Waals surface area (Å²) >= 11 is 0. The van der Waals surface area contributed by atoms with Crippen molar-refractivity contribution in [1.29, 1.82) is 0 Å². The number of aromatic nitrogens is 3. The van der Waals surface area contributed by atoms with E-state index in [9.17, 15) is 18.0 Å². The lowest BCUT2D eigenvalue weighted by molar-refractivity contribution is -0.141. The van der Waals surface area contributed by atoms with Crippen LogP contribution >= 0.6 is 0 Å². The second-order valence-electron chi connectivity index (χ2n) is 5.97. The maximum absolute atomic E-state index is 12.5. The number of nitrogens with zero attached hydrogens (tertiary/aromatic N) is 4. The number of hydrogen-bond acceptors (Lipinski definition) is 7. The zero-order chi connectivity index (χ0) is 20.0. The molecule has 0 saturated carbocycles. The Hall–Kier alpha value is -2.95. The zero-order valence-electron chi connectivity index (χ0n) is 14.9. The minimum atomic E-state index is -4.53. The molecular weight excluding hydrogens is 377 g/mol. The molecule has 1 saturated heterocycles. The predicted molar refractivity (Wildman–Crippen MR) is 95.1 cm³/mol. The van der Waals surface area contributed by atoms with Gasteiger partial charge in [0.25, 0.3) is 5.91 Å². The van der Waals surface area contributed by atoms with E-state index in [0.29, 0.717) is 25.6 Å². The van der Waals surface area contributed by atoms with Crippen molar-refractivity contribution < 1.29 is 22.7 Å². The molecular formula is C17H19F3N6O2. The molecule has 2 aromatic rings. The summed E-state index contributed by atoms with van der Waals surface area (Å²) in [6, 6.07) is 3.69. The number of alkyl halides is 3. The molecule has 1 aliphatic rings. The fourth-order valence-corrected chi connectivity index (χ4v) is 2.57. The van der Waals surface area contributed by atoms with Gasteiger partial charge in [-0.1, -0.05) is 0 Å². The van der Waals surface area contributed by atoms with Crippen molar-refractivity contribution in [2.75, 3.05) is 49.6 Å². The molecule has 0 radical (unpaired) electrons. The Kier molecular flexibility index (Phi) is 6.24. The van der Waals surface area contributed by atoms with Gasteiger partial charge in [0.2, 0.25) is 0 Å². The second-order valence-corrected chi connectivity index (χ2v) is 5.97. The van der Waals surface area contributed by atoms with Crippen LogP contribution in [0.5, 0.6) is 0 Å². The topological polar surface area (TPSA) is 92.3 Å². The molecule has 1 amide bonds. The Labute approximate surface area is 159 Å².